The summed E-state index contributed by atoms with van der Waals surface area (Å²) in [6, 6.07) is 6.06. The molecule has 1 N–H and O–H groups in total. The van der Waals surface area contributed by atoms with E-state index >= 15 is 0 Å². The first-order valence-corrected chi connectivity index (χ1v) is 9.35. The van der Waals surface area contributed by atoms with Gasteiger partial charge in [-0.3, -0.25) is 0 Å². The summed E-state index contributed by atoms with van der Waals surface area (Å²) in [5.74, 6) is 1.02. The van der Waals surface area contributed by atoms with Crippen LogP contribution in [0.3, 0.4) is 0 Å². The second-order valence-corrected chi connectivity index (χ2v) is 7.24. The molecule has 1 atom stereocenters. The van der Waals surface area contributed by atoms with Gasteiger partial charge in [0.1, 0.15) is 6.04 Å². The average Bonchev–Trinajstić information content (AvgIpc) is 3.35. The number of rotatable bonds is 4. The Bertz CT molecular complexity index is 819. The van der Waals surface area contributed by atoms with E-state index in [1.54, 1.807) is 9.80 Å². The van der Waals surface area contributed by atoms with Crippen LogP contribution in [0.25, 0.3) is 0 Å². The number of carbonyl (C=O) groups excluding carboxylic acids is 1. The Balaban J connectivity index is 1.39. The zero-order valence-corrected chi connectivity index (χ0v) is 15.8. The lowest BCUT2D eigenvalue weighted by atomic mass is 10.0. The van der Waals surface area contributed by atoms with Crippen molar-refractivity contribution in [3.05, 3.63) is 40.8 Å². The monoisotopic (exact) mass is 371 g/mol. The molecule has 0 radical (unpaired) electrons. The number of urea groups is 1. The first-order chi connectivity index (χ1) is 13.1. The van der Waals surface area contributed by atoms with Crippen molar-refractivity contribution in [1.29, 1.82) is 0 Å². The number of ether oxygens (including phenoxy) is 1. The Morgan fingerprint density at radius 2 is 2.26 bits per heavy atom. The van der Waals surface area contributed by atoms with Crippen LogP contribution < -0.4 is 10.2 Å². The smallest absolute Gasteiger partial charge is 0.318 e. The van der Waals surface area contributed by atoms with Crippen LogP contribution in [0.15, 0.2) is 22.7 Å². The fraction of sp³-hybridized carbons (Fsp3) is 0.526. The van der Waals surface area contributed by atoms with E-state index in [4.69, 9.17) is 9.26 Å². The predicted molar refractivity (Wildman–Crippen MR) is 99.3 cm³/mol. The van der Waals surface area contributed by atoms with Crippen molar-refractivity contribution in [3.63, 3.8) is 0 Å². The van der Waals surface area contributed by atoms with Crippen molar-refractivity contribution in [1.82, 2.24) is 20.4 Å². The lowest BCUT2D eigenvalue weighted by molar-refractivity contribution is 0.110. The highest BCUT2D eigenvalue weighted by Gasteiger charge is 2.34. The first-order valence-electron chi connectivity index (χ1n) is 9.35. The number of hydrogen-bond acceptors (Lipinski definition) is 6. The Hall–Kier alpha value is -2.61. The lowest BCUT2D eigenvalue weighted by Crippen LogP contribution is -2.39. The maximum Gasteiger partial charge on any atom is 0.318 e. The van der Waals surface area contributed by atoms with Gasteiger partial charge >= 0.3 is 6.03 Å². The Kier molecular flexibility index (Phi) is 4.98. The van der Waals surface area contributed by atoms with Crippen LogP contribution in [0, 0.1) is 0 Å². The number of hydrogen-bond donors (Lipinski definition) is 1. The third kappa shape index (κ3) is 3.75. The molecule has 1 aromatic heterocycles. The molecule has 0 bridgehead atoms. The summed E-state index contributed by atoms with van der Waals surface area (Å²) in [5, 5.41) is 6.99. The van der Waals surface area contributed by atoms with Crippen LogP contribution in [-0.4, -0.2) is 48.3 Å². The third-order valence-corrected chi connectivity index (χ3v) is 5.12. The van der Waals surface area contributed by atoms with Crippen LogP contribution >= 0.6 is 0 Å². The molecule has 4 rings (SSSR count). The molecule has 27 heavy (non-hydrogen) atoms. The summed E-state index contributed by atoms with van der Waals surface area (Å²) >= 11 is 0. The second-order valence-electron chi connectivity index (χ2n) is 7.24. The van der Waals surface area contributed by atoms with Crippen LogP contribution in [0.1, 0.15) is 41.5 Å². The van der Waals surface area contributed by atoms with Gasteiger partial charge in [-0.15, -0.1) is 0 Å². The molecule has 1 fully saturated rings. The normalized spacial score (nSPS) is 19.0. The number of nitrogens with zero attached hydrogens (tertiary/aromatic N) is 4. The maximum absolute atomic E-state index is 12.7. The molecular formula is C19H25N5O3. The molecule has 2 amide bonds. The van der Waals surface area contributed by atoms with Gasteiger partial charge < -0.3 is 24.4 Å². The van der Waals surface area contributed by atoms with E-state index in [9.17, 15) is 4.79 Å². The fourth-order valence-corrected chi connectivity index (χ4v) is 3.62. The highest BCUT2D eigenvalue weighted by molar-refractivity contribution is 5.75. The Morgan fingerprint density at radius 3 is 3.07 bits per heavy atom. The number of aromatic nitrogens is 2. The van der Waals surface area contributed by atoms with E-state index in [0.29, 0.717) is 31.5 Å². The van der Waals surface area contributed by atoms with E-state index < -0.39 is 0 Å². The number of benzene rings is 1. The number of fused-ring (bicyclic) bond motifs is 1. The molecule has 1 aromatic carbocycles. The van der Waals surface area contributed by atoms with Gasteiger partial charge in [-0.2, -0.15) is 4.98 Å². The van der Waals surface area contributed by atoms with Gasteiger partial charge in [0.25, 0.3) is 11.8 Å². The quantitative estimate of drug-likeness (QED) is 0.888. The molecule has 1 saturated heterocycles. The van der Waals surface area contributed by atoms with Gasteiger partial charge in [-0.25, -0.2) is 4.79 Å². The molecule has 0 aliphatic carbocycles. The van der Waals surface area contributed by atoms with E-state index in [-0.39, 0.29) is 12.1 Å². The van der Waals surface area contributed by atoms with Crippen molar-refractivity contribution < 1.29 is 14.1 Å². The topological polar surface area (TPSA) is 83.7 Å². The molecule has 144 valence electrons. The van der Waals surface area contributed by atoms with E-state index in [2.05, 4.69) is 33.7 Å². The van der Waals surface area contributed by atoms with Gasteiger partial charge in [0, 0.05) is 27.2 Å². The number of amides is 2. The maximum atomic E-state index is 12.7. The van der Waals surface area contributed by atoms with Gasteiger partial charge in [-0.1, -0.05) is 18.2 Å². The Labute approximate surface area is 158 Å². The highest BCUT2D eigenvalue weighted by Crippen LogP contribution is 2.31. The van der Waals surface area contributed by atoms with E-state index in [1.807, 2.05) is 14.1 Å². The van der Waals surface area contributed by atoms with Gasteiger partial charge in [0.05, 0.1) is 13.2 Å². The van der Waals surface area contributed by atoms with Crippen molar-refractivity contribution in [2.45, 2.75) is 38.5 Å². The van der Waals surface area contributed by atoms with Gasteiger partial charge in [-0.05, 0) is 41.1 Å². The van der Waals surface area contributed by atoms with Crippen LogP contribution in [0.5, 0.6) is 0 Å². The fourth-order valence-electron chi connectivity index (χ4n) is 3.62. The lowest BCUT2D eigenvalue weighted by Gasteiger charge is -2.22. The molecule has 1 unspecified atom stereocenters. The molecule has 2 aromatic rings. The summed E-state index contributed by atoms with van der Waals surface area (Å²) in [7, 11) is 3.72. The van der Waals surface area contributed by atoms with Crippen LogP contribution in [0.4, 0.5) is 10.7 Å². The van der Waals surface area contributed by atoms with Crippen molar-refractivity contribution in [3.8, 4) is 0 Å². The van der Waals surface area contributed by atoms with Crippen molar-refractivity contribution in [2.75, 3.05) is 32.1 Å². The summed E-state index contributed by atoms with van der Waals surface area (Å²) in [5.41, 5.74) is 3.66. The molecule has 8 heteroatoms. The summed E-state index contributed by atoms with van der Waals surface area (Å²) in [6.45, 7) is 2.63. The minimum absolute atomic E-state index is 0.0943. The zero-order chi connectivity index (χ0) is 18.8. The minimum Gasteiger partial charge on any atom is -0.376 e. The zero-order valence-electron chi connectivity index (χ0n) is 15.8. The predicted octanol–water partition coefficient (Wildman–Crippen LogP) is 2.25. The second kappa shape index (κ2) is 7.56. The molecule has 0 saturated carbocycles. The number of nitrogens with one attached hydrogen (secondary N) is 1. The summed E-state index contributed by atoms with van der Waals surface area (Å²) in [4.78, 5) is 20.7. The van der Waals surface area contributed by atoms with Crippen LogP contribution in [0.2, 0.25) is 0 Å². The summed E-state index contributed by atoms with van der Waals surface area (Å²) < 4.78 is 10.9. The highest BCUT2D eigenvalue weighted by atomic mass is 16.5. The molecular weight excluding hydrogens is 346 g/mol. The molecule has 8 nitrogen and oxygen atoms in total. The molecule has 3 heterocycles. The van der Waals surface area contributed by atoms with Gasteiger partial charge in [0.15, 0.2) is 0 Å². The van der Waals surface area contributed by atoms with E-state index in [1.165, 1.54) is 11.1 Å². The first kappa shape index (κ1) is 17.8. The third-order valence-electron chi connectivity index (χ3n) is 5.12. The number of likely N-dealkylation sites (tertiary alicyclic amines) is 1. The summed E-state index contributed by atoms with van der Waals surface area (Å²) in [6.07, 6.45) is 2.69. The van der Waals surface area contributed by atoms with Crippen molar-refractivity contribution in [2.24, 2.45) is 0 Å². The SMILES string of the molecule is CN(C)c1noc(C2CCCN2C(=O)NCc2ccc3c(c2)CCOC3)n1. The number of anilines is 1. The van der Waals surface area contributed by atoms with Crippen LogP contribution in [-0.2, 0) is 24.3 Å². The minimum atomic E-state index is -0.160. The van der Waals surface area contributed by atoms with E-state index in [0.717, 1.165) is 31.4 Å². The molecule has 0 spiro atoms. The van der Waals surface area contributed by atoms with Crippen molar-refractivity contribution >= 4 is 12.0 Å². The average molecular weight is 371 g/mol. The van der Waals surface area contributed by atoms with Gasteiger partial charge in [0.2, 0.25) is 0 Å². The standard InChI is InChI=1S/C19H25N5O3/c1-23(2)18-21-17(27-22-18)16-4-3-8-24(16)19(25)20-11-13-5-6-15-12-26-9-7-14(15)10-13/h5-6,10,16H,3-4,7-9,11-12H2,1-2H3,(H,20,25). The Morgan fingerprint density at radius 1 is 1.37 bits per heavy atom. The largest absolute Gasteiger partial charge is 0.376 e. The molecule has 2 aliphatic heterocycles. The molecule has 2 aliphatic rings. The number of carbonyl (C=O) groups is 1.